The molecule has 20 heavy (non-hydrogen) atoms. The molecule has 0 heterocycles. The quantitative estimate of drug-likeness (QED) is 0.598. The van der Waals surface area contributed by atoms with Crippen LogP contribution in [-0.4, -0.2) is 13.2 Å². The first-order chi connectivity index (χ1) is 9.81. The molecule has 0 saturated carbocycles. The minimum Gasteiger partial charge on any atom is -0.489 e. The summed E-state index contributed by atoms with van der Waals surface area (Å²) in [6, 6.07) is 8.22. The third-order valence-electron chi connectivity index (χ3n) is 3.62. The molecule has 2 heteroatoms. The zero-order valence-corrected chi connectivity index (χ0v) is 13.0. The normalized spacial score (nSPS) is 12.1. The van der Waals surface area contributed by atoms with Gasteiger partial charge in [0, 0.05) is 12.1 Å². The fourth-order valence-corrected chi connectivity index (χ4v) is 2.29. The maximum Gasteiger partial charge on any atom is 0.124 e. The van der Waals surface area contributed by atoms with E-state index in [0.29, 0.717) is 6.61 Å². The Bertz CT molecular complexity index is 375. The zero-order valence-electron chi connectivity index (χ0n) is 13.0. The first-order valence-electron chi connectivity index (χ1n) is 7.84. The number of unbranched alkanes of at least 4 members (excludes halogenated alkanes) is 1. The molecule has 0 aliphatic carbocycles. The predicted octanol–water partition coefficient (Wildman–Crippen LogP) is 4.56. The number of ether oxygens (including phenoxy) is 1. The highest BCUT2D eigenvalue weighted by Gasteiger charge is 2.06. The zero-order chi connectivity index (χ0) is 14.6. The molecular formula is C18H29NO. The molecule has 1 atom stereocenters. The minimum atomic E-state index is 0.561. The van der Waals surface area contributed by atoms with Crippen LogP contribution in [-0.2, 0) is 6.54 Å². The van der Waals surface area contributed by atoms with Gasteiger partial charge in [-0.3, -0.25) is 0 Å². The number of hydrogen-bond donors (Lipinski definition) is 1. The third kappa shape index (κ3) is 6.25. The van der Waals surface area contributed by atoms with E-state index in [1.807, 2.05) is 12.1 Å². The summed E-state index contributed by atoms with van der Waals surface area (Å²) < 4.78 is 5.68. The first-order valence-corrected chi connectivity index (χ1v) is 7.84. The molecule has 1 unspecified atom stereocenters. The molecule has 0 saturated heterocycles. The van der Waals surface area contributed by atoms with E-state index in [1.165, 1.54) is 31.2 Å². The summed E-state index contributed by atoms with van der Waals surface area (Å²) in [5.41, 5.74) is 1.22. The molecule has 2 nitrogen and oxygen atoms in total. The van der Waals surface area contributed by atoms with Crippen LogP contribution in [0.4, 0.5) is 0 Å². The van der Waals surface area contributed by atoms with Gasteiger partial charge in [-0.15, -0.1) is 0 Å². The predicted molar refractivity (Wildman–Crippen MR) is 87.1 cm³/mol. The molecule has 112 valence electrons. The van der Waals surface area contributed by atoms with Crippen LogP contribution >= 0.6 is 0 Å². The minimum absolute atomic E-state index is 0.561. The molecule has 0 spiro atoms. The maximum atomic E-state index is 5.68. The van der Waals surface area contributed by atoms with Gasteiger partial charge in [0.25, 0.3) is 0 Å². The highest BCUT2D eigenvalue weighted by molar-refractivity contribution is 5.33. The molecule has 0 radical (unpaired) electrons. The molecule has 0 aliphatic rings. The highest BCUT2D eigenvalue weighted by atomic mass is 16.5. The number of para-hydroxylation sites is 1. The average molecular weight is 275 g/mol. The van der Waals surface area contributed by atoms with Crippen molar-refractivity contribution in [3.8, 4) is 5.75 Å². The first kappa shape index (κ1) is 16.8. The van der Waals surface area contributed by atoms with E-state index in [0.717, 1.165) is 24.8 Å². The number of hydrogen-bond acceptors (Lipinski definition) is 2. The van der Waals surface area contributed by atoms with Crippen molar-refractivity contribution in [2.75, 3.05) is 13.2 Å². The lowest BCUT2D eigenvalue weighted by Crippen LogP contribution is -2.22. The van der Waals surface area contributed by atoms with Crippen molar-refractivity contribution in [2.24, 2.45) is 5.92 Å². The Kier molecular flexibility index (Phi) is 8.81. The van der Waals surface area contributed by atoms with Crippen LogP contribution in [0, 0.1) is 5.92 Å². The van der Waals surface area contributed by atoms with Crippen molar-refractivity contribution in [3.63, 3.8) is 0 Å². The van der Waals surface area contributed by atoms with Gasteiger partial charge in [-0.2, -0.15) is 0 Å². The van der Waals surface area contributed by atoms with Crippen LogP contribution in [0.2, 0.25) is 0 Å². The van der Waals surface area contributed by atoms with E-state index in [1.54, 1.807) is 6.08 Å². The summed E-state index contributed by atoms with van der Waals surface area (Å²) in [6.45, 7) is 10.7. The largest absolute Gasteiger partial charge is 0.489 e. The van der Waals surface area contributed by atoms with Crippen LogP contribution in [0.5, 0.6) is 5.75 Å². The molecule has 1 N–H and O–H groups in total. The molecule has 0 aliphatic heterocycles. The smallest absolute Gasteiger partial charge is 0.124 e. The van der Waals surface area contributed by atoms with Gasteiger partial charge in [-0.05, 0) is 24.9 Å². The Morgan fingerprint density at radius 1 is 1.30 bits per heavy atom. The molecule has 1 rings (SSSR count). The molecule has 0 fully saturated rings. The Balaban J connectivity index is 2.42. The molecular weight excluding hydrogens is 246 g/mol. The van der Waals surface area contributed by atoms with Crippen molar-refractivity contribution >= 4 is 0 Å². The Hall–Kier alpha value is -1.28. The van der Waals surface area contributed by atoms with E-state index in [-0.39, 0.29) is 0 Å². The van der Waals surface area contributed by atoms with E-state index in [4.69, 9.17) is 4.74 Å². The molecule has 1 aromatic carbocycles. The van der Waals surface area contributed by atoms with Gasteiger partial charge in [-0.1, -0.05) is 64.0 Å². The SMILES string of the molecule is C=CCOc1ccccc1CNCC(CC)CCCC. The summed E-state index contributed by atoms with van der Waals surface area (Å²) in [5, 5.41) is 3.57. The topological polar surface area (TPSA) is 21.3 Å². The van der Waals surface area contributed by atoms with E-state index >= 15 is 0 Å². The number of benzene rings is 1. The monoisotopic (exact) mass is 275 g/mol. The lowest BCUT2D eigenvalue weighted by molar-refractivity contribution is 0.356. The molecule has 0 bridgehead atoms. The fraction of sp³-hybridized carbons (Fsp3) is 0.556. The van der Waals surface area contributed by atoms with Gasteiger partial charge < -0.3 is 10.1 Å². The number of rotatable bonds is 11. The second kappa shape index (κ2) is 10.5. The van der Waals surface area contributed by atoms with Crippen molar-refractivity contribution in [3.05, 3.63) is 42.5 Å². The molecule has 0 amide bonds. The van der Waals surface area contributed by atoms with Gasteiger partial charge in [0.1, 0.15) is 12.4 Å². The van der Waals surface area contributed by atoms with Gasteiger partial charge >= 0.3 is 0 Å². The second-order valence-electron chi connectivity index (χ2n) is 5.25. The second-order valence-corrected chi connectivity index (χ2v) is 5.25. The Morgan fingerprint density at radius 2 is 2.10 bits per heavy atom. The van der Waals surface area contributed by atoms with E-state index < -0.39 is 0 Å². The van der Waals surface area contributed by atoms with Crippen molar-refractivity contribution in [1.29, 1.82) is 0 Å². The average Bonchev–Trinajstić information content (AvgIpc) is 2.49. The summed E-state index contributed by atoms with van der Waals surface area (Å²) in [6.07, 6.45) is 6.98. The van der Waals surface area contributed by atoms with Crippen LogP contribution in [0.25, 0.3) is 0 Å². The fourth-order valence-electron chi connectivity index (χ4n) is 2.29. The number of nitrogens with one attached hydrogen (secondary N) is 1. The Morgan fingerprint density at radius 3 is 2.80 bits per heavy atom. The van der Waals surface area contributed by atoms with Gasteiger partial charge in [-0.25, -0.2) is 0 Å². The summed E-state index contributed by atoms with van der Waals surface area (Å²) in [4.78, 5) is 0. The van der Waals surface area contributed by atoms with E-state index in [9.17, 15) is 0 Å². The van der Waals surface area contributed by atoms with Gasteiger partial charge in [0.05, 0.1) is 0 Å². The van der Waals surface area contributed by atoms with Crippen molar-refractivity contribution < 1.29 is 4.74 Å². The van der Waals surface area contributed by atoms with Crippen LogP contribution < -0.4 is 10.1 Å². The lowest BCUT2D eigenvalue weighted by Gasteiger charge is -2.16. The van der Waals surface area contributed by atoms with Crippen LogP contribution in [0.3, 0.4) is 0 Å². The summed E-state index contributed by atoms with van der Waals surface area (Å²) in [5.74, 6) is 1.75. The highest BCUT2D eigenvalue weighted by Crippen LogP contribution is 2.18. The summed E-state index contributed by atoms with van der Waals surface area (Å²) >= 11 is 0. The van der Waals surface area contributed by atoms with Crippen molar-refractivity contribution in [1.82, 2.24) is 5.32 Å². The van der Waals surface area contributed by atoms with Gasteiger partial charge in [0.2, 0.25) is 0 Å². The molecule has 1 aromatic rings. The maximum absolute atomic E-state index is 5.68. The van der Waals surface area contributed by atoms with Crippen LogP contribution in [0.1, 0.15) is 45.1 Å². The van der Waals surface area contributed by atoms with Gasteiger partial charge in [0.15, 0.2) is 0 Å². The standard InChI is InChI=1S/C18H29NO/c1-4-7-10-16(6-3)14-19-15-17-11-8-9-12-18(17)20-13-5-2/h5,8-9,11-12,16,19H,2,4,6-7,10,13-15H2,1,3H3. The summed E-state index contributed by atoms with van der Waals surface area (Å²) in [7, 11) is 0. The molecule has 0 aromatic heterocycles. The van der Waals surface area contributed by atoms with Crippen molar-refractivity contribution in [2.45, 2.75) is 46.1 Å². The lowest BCUT2D eigenvalue weighted by atomic mass is 9.99. The van der Waals surface area contributed by atoms with E-state index in [2.05, 4.69) is 37.9 Å². The van der Waals surface area contributed by atoms with Crippen LogP contribution in [0.15, 0.2) is 36.9 Å². The third-order valence-corrected chi connectivity index (χ3v) is 3.62. The Labute approximate surface area is 124 Å².